The van der Waals surface area contributed by atoms with Crippen LogP contribution in [-0.4, -0.2) is 47.1 Å². The Bertz CT molecular complexity index is 1110. The number of rotatable bonds is 7. The van der Waals surface area contributed by atoms with Crippen LogP contribution in [0.2, 0.25) is 0 Å². The number of piperidine rings is 1. The van der Waals surface area contributed by atoms with Gasteiger partial charge in [-0.3, -0.25) is 4.57 Å². The Morgan fingerprint density at radius 1 is 1.06 bits per heavy atom. The van der Waals surface area contributed by atoms with Gasteiger partial charge in [0.05, 0.1) is 25.4 Å². The summed E-state index contributed by atoms with van der Waals surface area (Å²) in [4.78, 5) is 31.0. The summed E-state index contributed by atoms with van der Waals surface area (Å²) in [6.07, 6.45) is 3.69. The normalized spacial score (nSPS) is 16.2. The Morgan fingerprint density at radius 3 is 2.34 bits per heavy atom. The summed E-state index contributed by atoms with van der Waals surface area (Å²) >= 11 is 0. The average molecular weight is 457 g/mol. The zero-order chi connectivity index (χ0) is 22.7. The van der Waals surface area contributed by atoms with Gasteiger partial charge >= 0.3 is 7.60 Å². The van der Waals surface area contributed by atoms with E-state index in [-0.39, 0.29) is 5.92 Å². The number of benzene rings is 2. The number of nitrogens with zero attached hydrogens (tertiary/aromatic N) is 3. The van der Waals surface area contributed by atoms with Crippen molar-refractivity contribution < 1.29 is 23.8 Å². The number of aromatic nitrogens is 2. The van der Waals surface area contributed by atoms with Gasteiger partial charge in [0.2, 0.25) is 0 Å². The molecule has 8 nitrogen and oxygen atoms in total. The molecule has 0 aliphatic carbocycles. The topological polar surface area (TPSA) is 105 Å². The van der Waals surface area contributed by atoms with E-state index in [9.17, 15) is 14.4 Å². The first-order valence-corrected chi connectivity index (χ1v) is 12.3. The van der Waals surface area contributed by atoms with E-state index in [1.807, 2.05) is 30.3 Å². The molecule has 32 heavy (non-hydrogen) atoms. The van der Waals surface area contributed by atoms with E-state index >= 15 is 0 Å². The fourth-order valence-electron chi connectivity index (χ4n) is 4.46. The number of methoxy groups -OCH3 is 2. The van der Waals surface area contributed by atoms with Crippen LogP contribution in [0.5, 0.6) is 11.5 Å². The van der Waals surface area contributed by atoms with Crippen LogP contribution >= 0.6 is 7.60 Å². The average Bonchev–Trinajstić information content (AvgIpc) is 2.81. The van der Waals surface area contributed by atoms with Crippen molar-refractivity contribution in [3.8, 4) is 11.5 Å². The van der Waals surface area contributed by atoms with E-state index in [4.69, 9.17) is 9.47 Å². The molecule has 4 rings (SSSR count). The van der Waals surface area contributed by atoms with Crippen LogP contribution in [0.4, 0.5) is 5.82 Å². The van der Waals surface area contributed by atoms with Gasteiger partial charge in [-0.2, -0.15) is 0 Å². The quantitative estimate of drug-likeness (QED) is 0.510. The van der Waals surface area contributed by atoms with Crippen LogP contribution in [0, 0.1) is 5.92 Å². The SMILES string of the molecule is COc1cc2ncnc(N3CCC(CC(c4ccccc4)P(=O)(O)O)CC3)c2cc1OC. The highest BCUT2D eigenvalue weighted by atomic mass is 31.2. The molecule has 0 bridgehead atoms. The maximum absolute atomic E-state index is 12.2. The van der Waals surface area contributed by atoms with Crippen LogP contribution < -0.4 is 14.4 Å². The minimum Gasteiger partial charge on any atom is -0.493 e. The molecular formula is C23H28N3O5P. The highest BCUT2D eigenvalue weighted by Gasteiger charge is 2.34. The molecule has 1 aromatic heterocycles. The number of ether oxygens (including phenoxy) is 2. The molecule has 1 aliphatic heterocycles. The lowest BCUT2D eigenvalue weighted by atomic mass is 9.90. The Labute approximate surface area is 187 Å². The van der Waals surface area contributed by atoms with E-state index in [0.29, 0.717) is 23.5 Å². The molecule has 9 heteroatoms. The second-order valence-electron chi connectivity index (χ2n) is 8.10. The molecule has 0 saturated carbocycles. The first-order valence-electron chi connectivity index (χ1n) is 10.6. The number of fused-ring (bicyclic) bond motifs is 1. The molecule has 0 amide bonds. The van der Waals surface area contributed by atoms with Crippen LogP contribution in [-0.2, 0) is 4.57 Å². The minimum absolute atomic E-state index is 0.229. The van der Waals surface area contributed by atoms with Gasteiger partial charge < -0.3 is 24.2 Å². The summed E-state index contributed by atoms with van der Waals surface area (Å²) < 4.78 is 23.0. The first-order chi connectivity index (χ1) is 15.4. The maximum Gasteiger partial charge on any atom is 0.332 e. The monoisotopic (exact) mass is 457 g/mol. The van der Waals surface area contributed by atoms with E-state index in [2.05, 4.69) is 14.9 Å². The molecule has 2 N–H and O–H groups in total. The molecular weight excluding hydrogens is 429 g/mol. The van der Waals surface area contributed by atoms with Gasteiger partial charge in [-0.05, 0) is 36.8 Å². The molecule has 1 saturated heterocycles. The Balaban J connectivity index is 1.51. The summed E-state index contributed by atoms with van der Waals surface area (Å²) in [5, 5.41) is 0.890. The third-order valence-corrected chi connectivity index (χ3v) is 7.50. The van der Waals surface area contributed by atoms with Crippen LogP contribution in [0.1, 0.15) is 30.5 Å². The molecule has 0 radical (unpaired) electrons. The van der Waals surface area contributed by atoms with Gasteiger partial charge in [-0.1, -0.05) is 30.3 Å². The summed E-state index contributed by atoms with van der Waals surface area (Å²) in [7, 11) is -1.05. The van der Waals surface area contributed by atoms with E-state index in [1.165, 1.54) is 0 Å². The second-order valence-corrected chi connectivity index (χ2v) is 9.90. The summed E-state index contributed by atoms with van der Waals surface area (Å²) in [5.41, 5.74) is 0.711. The summed E-state index contributed by atoms with van der Waals surface area (Å²) in [6, 6.07) is 12.8. The van der Waals surface area contributed by atoms with Crippen LogP contribution in [0.25, 0.3) is 10.9 Å². The third kappa shape index (κ3) is 4.72. The molecule has 1 unspecified atom stereocenters. The lowest BCUT2D eigenvalue weighted by Crippen LogP contribution is -2.34. The van der Waals surface area contributed by atoms with Crippen LogP contribution in [0.3, 0.4) is 0 Å². The van der Waals surface area contributed by atoms with Gasteiger partial charge in [-0.15, -0.1) is 0 Å². The van der Waals surface area contributed by atoms with Gasteiger partial charge in [-0.25, -0.2) is 9.97 Å². The Morgan fingerprint density at radius 2 is 1.72 bits per heavy atom. The number of hydrogen-bond acceptors (Lipinski definition) is 6. The predicted octanol–water partition coefficient (Wildman–Crippen LogP) is 4.17. The largest absolute Gasteiger partial charge is 0.493 e. The second kappa shape index (κ2) is 9.45. The molecule has 2 aromatic carbocycles. The smallest absolute Gasteiger partial charge is 0.332 e. The maximum atomic E-state index is 12.2. The summed E-state index contributed by atoms with van der Waals surface area (Å²) in [5.74, 6) is 2.31. The van der Waals surface area contributed by atoms with Crippen molar-refractivity contribution in [2.24, 2.45) is 5.92 Å². The van der Waals surface area contributed by atoms with Gasteiger partial charge in [0.25, 0.3) is 0 Å². The molecule has 0 spiro atoms. The van der Waals surface area contributed by atoms with Crippen molar-refractivity contribution in [2.45, 2.75) is 24.9 Å². The third-order valence-electron chi connectivity index (χ3n) is 6.18. The van der Waals surface area contributed by atoms with Gasteiger partial charge in [0, 0.05) is 24.5 Å². The van der Waals surface area contributed by atoms with Crippen molar-refractivity contribution in [2.75, 3.05) is 32.2 Å². The van der Waals surface area contributed by atoms with E-state index < -0.39 is 13.3 Å². The van der Waals surface area contributed by atoms with Crippen molar-refractivity contribution >= 4 is 24.3 Å². The molecule has 1 fully saturated rings. The van der Waals surface area contributed by atoms with E-state index in [0.717, 1.165) is 42.7 Å². The fraction of sp³-hybridized carbons (Fsp3) is 0.391. The number of hydrogen-bond donors (Lipinski definition) is 2. The Kier molecular flexibility index (Phi) is 6.65. The zero-order valence-electron chi connectivity index (χ0n) is 18.2. The lowest BCUT2D eigenvalue weighted by Gasteiger charge is -2.35. The molecule has 3 aromatic rings. The first kappa shape index (κ1) is 22.5. The van der Waals surface area contributed by atoms with Gasteiger partial charge in [0.15, 0.2) is 11.5 Å². The van der Waals surface area contributed by atoms with Crippen molar-refractivity contribution in [3.63, 3.8) is 0 Å². The van der Waals surface area contributed by atoms with Crippen molar-refractivity contribution in [1.29, 1.82) is 0 Å². The molecule has 170 valence electrons. The lowest BCUT2D eigenvalue weighted by molar-refractivity contribution is 0.324. The highest BCUT2D eigenvalue weighted by molar-refractivity contribution is 7.52. The number of anilines is 1. The predicted molar refractivity (Wildman–Crippen MR) is 123 cm³/mol. The van der Waals surface area contributed by atoms with Crippen molar-refractivity contribution in [1.82, 2.24) is 9.97 Å². The summed E-state index contributed by atoms with van der Waals surface area (Å²) in [6.45, 7) is 1.52. The fourth-order valence-corrected chi connectivity index (χ4v) is 5.59. The molecule has 1 aliphatic rings. The standard InChI is InChI=1S/C23H28N3O5P/c1-30-20-13-18-19(14-21(20)31-2)24-15-25-23(18)26-10-8-16(9-11-26)12-22(32(27,28)29)17-6-4-3-5-7-17/h3-7,13-16,22H,8-12H2,1-2H3,(H2,27,28,29). The van der Waals surface area contributed by atoms with Crippen molar-refractivity contribution in [3.05, 3.63) is 54.4 Å². The zero-order valence-corrected chi connectivity index (χ0v) is 19.1. The Hall–Kier alpha value is -2.67. The van der Waals surface area contributed by atoms with Crippen LogP contribution in [0.15, 0.2) is 48.8 Å². The highest BCUT2D eigenvalue weighted by Crippen LogP contribution is 2.55. The van der Waals surface area contributed by atoms with E-state index in [1.54, 1.807) is 32.7 Å². The van der Waals surface area contributed by atoms with Gasteiger partial charge in [0.1, 0.15) is 12.1 Å². The molecule has 1 atom stereocenters. The molecule has 2 heterocycles. The minimum atomic E-state index is -4.25.